The van der Waals surface area contributed by atoms with Crippen LogP contribution in [0, 0.1) is 12.8 Å². The summed E-state index contributed by atoms with van der Waals surface area (Å²) >= 11 is 3.68. The van der Waals surface area contributed by atoms with Crippen LogP contribution in [-0.4, -0.2) is 7.05 Å². The second-order valence-electron chi connectivity index (χ2n) is 4.90. The molecular formula is C14H20BrN. The first-order valence-electron chi connectivity index (χ1n) is 6.14. The smallest absolute Gasteiger partial charge is 0.0331 e. The summed E-state index contributed by atoms with van der Waals surface area (Å²) in [5, 5.41) is 3.45. The van der Waals surface area contributed by atoms with Crippen LogP contribution in [0.2, 0.25) is 0 Å². The van der Waals surface area contributed by atoms with E-state index in [4.69, 9.17) is 0 Å². The van der Waals surface area contributed by atoms with E-state index in [1.807, 2.05) is 0 Å². The van der Waals surface area contributed by atoms with Crippen molar-refractivity contribution in [2.45, 2.75) is 38.6 Å². The van der Waals surface area contributed by atoms with Crippen LogP contribution in [0.1, 0.15) is 42.9 Å². The normalized spacial score (nSPS) is 18.2. The molecule has 16 heavy (non-hydrogen) atoms. The Hall–Kier alpha value is -0.340. The van der Waals surface area contributed by atoms with Gasteiger partial charge in [-0.2, -0.15) is 0 Å². The van der Waals surface area contributed by atoms with E-state index in [0.29, 0.717) is 6.04 Å². The van der Waals surface area contributed by atoms with Gasteiger partial charge in [0.2, 0.25) is 0 Å². The molecule has 2 heteroatoms. The van der Waals surface area contributed by atoms with E-state index in [9.17, 15) is 0 Å². The Labute approximate surface area is 107 Å². The first kappa shape index (κ1) is 12.1. The molecule has 0 aromatic heterocycles. The first-order valence-corrected chi connectivity index (χ1v) is 6.93. The van der Waals surface area contributed by atoms with Gasteiger partial charge < -0.3 is 5.32 Å². The third-order valence-corrected chi connectivity index (χ3v) is 4.36. The summed E-state index contributed by atoms with van der Waals surface area (Å²) in [6.45, 7) is 2.13. The average Bonchev–Trinajstić information content (AvgIpc) is 2.18. The van der Waals surface area contributed by atoms with Crippen molar-refractivity contribution >= 4 is 15.9 Å². The molecule has 1 saturated carbocycles. The molecule has 1 nitrogen and oxygen atoms in total. The fourth-order valence-corrected chi connectivity index (χ4v) is 3.15. The molecular weight excluding hydrogens is 262 g/mol. The molecule has 0 saturated heterocycles. The van der Waals surface area contributed by atoms with Crippen molar-refractivity contribution in [2.24, 2.45) is 5.92 Å². The summed E-state index contributed by atoms with van der Waals surface area (Å²) in [4.78, 5) is 0. The van der Waals surface area contributed by atoms with Crippen LogP contribution in [0.4, 0.5) is 0 Å². The highest BCUT2D eigenvalue weighted by Crippen LogP contribution is 2.36. The molecule has 0 amide bonds. The summed E-state index contributed by atoms with van der Waals surface area (Å²) in [6.07, 6.45) is 5.54. The zero-order valence-corrected chi connectivity index (χ0v) is 11.7. The van der Waals surface area contributed by atoms with Gasteiger partial charge in [-0.05, 0) is 43.5 Å². The molecule has 1 aromatic carbocycles. The highest BCUT2D eigenvalue weighted by atomic mass is 79.9. The van der Waals surface area contributed by atoms with Crippen LogP contribution < -0.4 is 5.32 Å². The summed E-state index contributed by atoms with van der Waals surface area (Å²) in [5.41, 5.74) is 2.72. The highest BCUT2D eigenvalue weighted by Gasteiger charge is 2.23. The number of hydrogen-bond donors (Lipinski definition) is 1. The van der Waals surface area contributed by atoms with E-state index in [0.717, 1.165) is 5.92 Å². The summed E-state index contributed by atoms with van der Waals surface area (Å²) in [6, 6.07) is 7.16. The molecule has 0 spiro atoms. The van der Waals surface area contributed by atoms with Crippen LogP contribution in [0.5, 0.6) is 0 Å². The van der Waals surface area contributed by atoms with Gasteiger partial charge >= 0.3 is 0 Å². The topological polar surface area (TPSA) is 12.0 Å². The molecule has 1 unspecified atom stereocenters. The van der Waals surface area contributed by atoms with Crippen molar-refractivity contribution in [2.75, 3.05) is 7.05 Å². The van der Waals surface area contributed by atoms with E-state index in [1.54, 1.807) is 0 Å². The molecule has 0 heterocycles. The fourth-order valence-electron chi connectivity index (χ4n) is 2.38. The second-order valence-corrected chi connectivity index (χ2v) is 5.75. The Balaban J connectivity index is 2.11. The Morgan fingerprint density at radius 1 is 1.44 bits per heavy atom. The number of hydrogen-bond acceptors (Lipinski definition) is 1. The largest absolute Gasteiger partial charge is 0.313 e. The standard InChI is InChI=1S/C14H20BrN/c1-10-6-7-12(13(15)8-10)14(16-2)9-11-4-3-5-11/h6-8,11,14,16H,3-5,9H2,1-2H3. The minimum atomic E-state index is 0.500. The molecule has 2 rings (SSSR count). The second kappa shape index (κ2) is 5.33. The third kappa shape index (κ3) is 2.67. The van der Waals surface area contributed by atoms with Gasteiger partial charge in [-0.3, -0.25) is 0 Å². The minimum absolute atomic E-state index is 0.500. The number of rotatable bonds is 4. The Bertz CT molecular complexity index is 358. The fraction of sp³-hybridized carbons (Fsp3) is 0.571. The summed E-state index contributed by atoms with van der Waals surface area (Å²) < 4.78 is 1.24. The van der Waals surface area contributed by atoms with Crippen molar-refractivity contribution in [1.82, 2.24) is 5.32 Å². The van der Waals surface area contributed by atoms with Crippen LogP contribution >= 0.6 is 15.9 Å². The van der Waals surface area contributed by atoms with Gasteiger partial charge in [-0.15, -0.1) is 0 Å². The maximum Gasteiger partial charge on any atom is 0.0331 e. The number of halogens is 1. The van der Waals surface area contributed by atoms with Gasteiger partial charge in [0.25, 0.3) is 0 Å². The van der Waals surface area contributed by atoms with E-state index in [1.165, 1.54) is 41.3 Å². The molecule has 1 fully saturated rings. The Kier molecular flexibility index (Phi) is 4.04. The molecule has 1 aliphatic carbocycles. The Morgan fingerprint density at radius 3 is 2.69 bits per heavy atom. The molecule has 0 bridgehead atoms. The molecule has 1 N–H and O–H groups in total. The SMILES string of the molecule is CNC(CC1CCC1)c1ccc(C)cc1Br. The molecule has 88 valence electrons. The number of benzene rings is 1. The van der Waals surface area contributed by atoms with Crippen LogP contribution in [-0.2, 0) is 0 Å². The molecule has 1 aromatic rings. The van der Waals surface area contributed by atoms with Crippen molar-refractivity contribution in [3.05, 3.63) is 33.8 Å². The van der Waals surface area contributed by atoms with Gasteiger partial charge in [-0.25, -0.2) is 0 Å². The first-order chi connectivity index (χ1) is 7.70. The zero-order chi connectivity index (χ0) is 11.5. The van der Waals surface area contributed by atoms with Crippen LogP contribution in [0.25, 0.3) is 0 Å². The average molecular weight is 282 g/mol. The van der Waals surface area contributed by atoms with Crippen molar-refractivity contribution in [3.8, 4) is 0 Å². The molecule has 0 aliphatic heterocycles. The van der Waals surface area contributed by atoms with Gasteiger partial charge in [0.05, 0.1) is 0 Å². The lowest BCUT2D eigenvalue weighted by Gasteiger charge is -2.30. The van der Waals surface area contributed by atoms with Crippen molar-refractivity contribution in [3.63, 3.8) is 0 Å². The minimum Gasteiger partial charge on any atom is -0.313 e. The molecule has 1 atom stereocenters. The quantitative estimate of drug-likeness (QED) is 0.872. The monoisotopic (exact) mass is 281 g/mol. The zero-order valence-electron chi connectivity index (χ0n) is 10.1. The van der Waals surface area contributed by atoms with Crippen molar-refractivity contribution in [1.29, 1.82) is 0 Å². The van der Waals surface area contributed by atoms with Crippen molar-refractivity contribution < 1.29 is 0 Å². The van der Waals surface area contributed by atoms with Gasteiger partial charge in [0.15, 0.2) is 0 Å². The predicted molar refractivity (Wildman–Crippen MR) is 72.6 cm³/mol. The van der Waals surface area contributed by atoms with E-state index in [-0.39, 0.29) is 0 Å². The predicted octanol–water partition coefficient (Wildman–Crippen LogP) is 4.21. The lowest BCUT2D eigenvalue weighted by molar-refractivity contribution is 0.265. The lowest BCUT2D eigenvalue weighted by atomic mass is 9.79. The van der Waals surface area contributed by atoms with E-state index < -0.39 is 0 Å². The summed E-state index contributed by atoms with van der Waals surface area (Å²) in [5.74, 6) is 0.936. The maximum absolute atomic E-state index is 3.68. The molecule has 1 aliphatic rings. The van der Waals surface area contributed by atoms with E-state index in [2.05, 4.69) is 53.4 Å². The van der Waals surface area contributed by atoms with Gasteiger partial charge in [-0.1, -0.05) is 47.3 Å². The van der Waals surface area contributed by atoms with E-state index >= 15 is 0 Å². The summed E-state index contributed by atoms with van der Waals surface area (Å²) in [7, 11) is 2.07. The number of aryl methyl sites for hydroxylation is 1. The van der Waals surface area contributed by atoms with Gasteiger partial charge in [0.1, 0.15) is 0 Å². The lowest BCUT2D eigenvalue weighted by Crippen LogP contribution is -2.23. The van der Waals surface area contributed by atoms with Crippen LogP contribution in [0.3, 0.4) is 0 Å². The highest BCUT2D eigenvalue weighted by molar-refractivity contribution is 9.10. The maximum atomic E-state index is 3.68. The van der Waals surface area contributed by atoms with Crippen LogP contribution in [0.15, 0.2) is 22.7 Å². The molecule has 0 radical (unpaired) electrons. The van der Waals surface area contributed by atoms with Gasteiger partial charge in [0, 0.05) is 10.5 Å². The third-order valence-electron chi connectivity index (χ3n) is 3.67. The Morgan fingerprint density at radius 2 is 2.19 bits per heavy atom. The number of nitrogens with one attached hydrogen (secondary N) is 1.